The molecule has 16 heavy (non-hydrogen) atoms. The Labute approximate surface area is 95.4 Å². The van der Waals surface area contributed by atoms with Crippen molar-refractivity contribution in [2.24, 2.45) is 0 Å². The van der Waals surface area contributed by atoms with E-state index in [2.05, 4.69) is 11.0 Å². The van der Waals surface area contributed by atoms with Gasteiger partial charge in [-0.25, -0.2) is 0 Å². The summed E-state index contributed by atoms with van der Waals surface area (Å²) < 4.78 is 5.76. The second-order valence-electron chi connectivity index (χ2n) is 5.61. The Kier molecular flexibility index (Phi) is 1.67. The van der Waals surface area contributed by atoms with Gasteiger partial charge in [0.25, 0.3) is 0 Å². The Morgan fingerprint density at radius 2 is 2.38 bits per heavy atom. The molecule has 4 aliphatic rings. The molecule has 3 heterocycles. The van der Waals surface area contributed by atoms with E-state index in [1.54, 1.807) is 0 Å². The van der Waals surface area contributed by atoms with Crippen molar-refractivity contribution in [3.8, 4) is 0 Å². The van der Waals surface area contributed by atoms with E-state index < -0.39 is 0 Å². The third-order valence-electron chi connectivity index (χ3n) is 4.90. The van der Waals surface area contributed by atoms with Crippen LogP contribution in [0, 0.1) is 0 Å². The molecule has 3 heteroatoms. The minimum absolute atomic E-state index is 0.000626. The quantitative estimate of drug-likeness (QED) is 0.458. The van der Waals surface area contributed by atoms with Gasteiger partial charge in [0.2, 0.25) is 0 Å². The summed E-state index contributed by atoms with van der Waals surface area (Å²) in [7, 11) is 0. The summed E-state index contributed by atoms with van der Waals surface area (Å²) >= 11 is 0. The number of esters is 1. The molecule has 1 aliphatic carbocycles. The highest BCUT2D eigenvalue weighted by molar-refractivity contribution is 5.78. The Morgan fingerprint density at radius 1 is 1.44 bits per heavy atom. The Hall–Kier alpha value is -0.830. The van der Waals surface area contributed by atoms with E-state index in [9.17, 15) is 4.79 Å². The van der Waals surface area contributed by atoms with Crippen LogP contribution in [-0.2, 0) is 9.53 Å². The fourth-order valence-electron chi connectivity index (χ4n) is 4.30. The molecule has 0 aromatic carbocycles. The number of piperidine rings is 1. The van der Waals surface area contributed by atoms with Crippen LogP contribution in [0.15, 0.2) is 11.6 Å². The molecular weight excluding hydrogens is 202 g/mol. The van der Waals surface area contributed by atoms with Crippen LogP contribution in [0.1, 0.15) is 38.5 Å². The van der Waals surface area contributed by atoms with Crippen molar-refractivity contribution in [2.75, 3.05) is 6.54 Å². The molecule has 3 fully saturated rings. The van der Waals surface area contributed by atoms with Crippen LogP contribution in [0.2, 0.25) is 0 Å². The number of rotatable bonds is 0. The van der Waals surface area contributed by atoms with Gasteiger partial charge in [-0.1, -0.05) is 12.5 Å². The standard InChI is InChI=1S/C13H17NO2/c15-12-7-9-4-5-10-8-13(9,16-12)11-3-1-2-6-14(10)11/h4,10-11H,1-3,5-8H2/t10-,11-,13+/m0/s1. The second kappa shape index (κ2) is 2.89. The molecule has 3 nitrogen and oxygen atoms in total. The van der Waals surface area contributed by atoms with Crippen molar-refractivity contribution < 1.29 is 9.53 Å². The van der Waals surface area contributed by atoms with Gasteiger partial charge in [0.15, 0.2) is 5.60 Å². The summed E-state index contributed by atoms with van der Waals surface area (Å²) in [5.41, 5.74) is 1.10. The van der Waals surface area contributed by atoms with Gasteiger partial charge in [0.1, 0.15) is 0 Å². The van der Waals surface area contributed by atoms with Gasteiger partial charge in [0, 0.05) is 12.5 Å². The Morgan fingerprint density at radius 3 is 3.31 bits per heavy atom. The van der Waals surface area contributed by atoms with Crippen molar-refractivity contribution >= 4 is 5.97 Å². The first-order valence-electron chi connectivity index (χ1n) is 6.47. The molecule has 0 aromatic rings. The maximum absolute atomic E-state index is 11.6. The monoisotopic (exact) mass is 219 g/mol. The minimum atomic E-state index is -0.194. The first-order chi connectivity index (χ1) is 7.79. The normalized spacial score (nSPS) is 46.0. The number of carbonyl (C=O) groups excluding carboxylic acids is 1. The lowest BCUT2D eigenvalue weighted by molar-refractivity contribution is -0.149. The Bertz CT molecular complexity index is 389. The topological polar surface area (TPSA) is 29.5 Å². The molecule has 3 aliphatic heterocycles. The molecular formula is C13H17NO2. The first kappa shape index (κ1) is 9.23. The lowest BCUT2D eigenvalue weighted by Gasteiger charge is -2.37. The van der Waals surface area contributed by atoms with Crippen molar-refractivity contribution in [3.05, 3.63) is 11.6 Å². The summed E-state index contributed by atoms with van der Waals surface area (Å²) in [6.07, 6.45) is 8.85. The third kappa shape index (κ3) is 0.956. The highest BCUT2D eigenvalue weighted by Crippen LogP contribution is 2.53. The van der Waals surface area contributed by atoms with E-state index in [1.807, 2.05) is 0 Å². The molecule has 4 rings (SSSR count). The second-order valence-corrected chi connectivity index (χ2v) is 5.61. The molecule has 0 amide bonds. The maximum Gasteiger partial charge on any atom is 0.311 e. The number of fused-ring (bicyclic) bond motifs is 3. The van der Waals surface area contributed by atoms with Crippen LogP contribution in [0.25, 0.3) is 0 Å². The van der Waals surface area contributed by atoms with E-state index in [4.69, 9.17) is 4.74 Å². The van der Waals surface area contributed by atoms with Crippen LogP contribution in [0.4, 0.5) is 0 Å². The van der Waals surface area contributed by atoms with E-state index in [-0.39, 0.29) is 11.6 Å². The summed E-state index contributed by atoms with van der Waals surface area (Å²) in [5, 5.41) is 0. The van der Waals surface area contributed by atoms with Crippen molar-refractivity contribution in [3.63, 3.8) is 0 Å². The van der Waals surface area contributed by atoms with Crippen molar-refractivity contribution in [1.29, 1.82) is 0 Å². The summed E-state index contributed by atoms with van der Waals surface area (Å²) in [6, 6.07) is 1.13. The van der Waals surface area contributed by atoms with E-state index in [0.29, 0.717) is 18.5 Å². The number of ether oxygens (including phenoxy) is 1. The number of carbonyl (C=O) groups is 1. The van der Waals surface area contributed by atoms with Gasteiger partial charge < -0.3 is 4.74 Å². The van der Waals surface area contributed by atoms with Crippen LogP contribution < -0.4 is 0 Å². The fourth-order valence-corrected chi connectivity index (χ4v) is 4.30. The third-order valence-corrected chi connectivity index (χ3v) is 4.90. The highest BCUT2D eigenvalue weighted by Gasteiger charge is 2.61. The smallest absolute Gasteiger partial charge is 0.311 e. The largest absolute Gasteiger partial charge is 0.453 e. The van der Waals surface area contributed by atoms with Gasteiger partial charge in [-0.05, 0) is 31.4 Å². The van der Waals surface area contributed by atoms with Crippen molar-refractivity contribution in [2.45, 2.75) is 56.2 Å². The highest BCUT2D eigenvalue weighted by atomic mass is 16.6. The molecule has 3 atom stereocenters. The molecule has 2 bridgehead atoms. The van der Waals surface area contributed by atoms with Gasteiger partial charge in [0.05, 0.1) is 12.5 Å². The van der Waals surface area contributed by atoms with Crippen LogP contribution in [0.3, 0.4) is 0 Å². The molecule has 86 valence electrons. The zero-order valence-electron chi connectivity index (χ0n) is 9.45. The average Bonchev–Trinajstić information content (AvgIpc) is 2.76. The summed E-state index contributed by atoms with van der Waals surface area (Å²) in [5.74, 6) is -0.000626. The molecule has 0 unspecified atom stereocenters. The van der Waals surface area contributed by atoms with Gasteiger partial charge in [-0.3, -0.25) is 9.69 Å². The maximum atomic E-state index is 11.6. The van der Waals surface area contributed by atoms with Gasteiger partial charge >= 0.3 is 5.97 Å². The Balaban J connectivity index is 1.80. The average molecular weight is 219 g/mol. The summed E-state index contributed by atoms with van der Waals surface area (Å²) in [6.45, 7) is 1.20. The van der Waals surface area contributed by atoms with E-state index in [0.717, 1.165) is 12.8 Å². The lowest BCUT2D eigenvalue weighted by Crippen LogP contribution is -2.47. The number of hydrogen-bond acceptors (Lipinski definition) is 3. The molecule has 0 radical (unpaired) electrons. The van der Waals surface area contributed by atoms with Crippen molar-refractivity contribution in [1.82, 2.24) is 4.90 Å². The molecule has 3 saturated heterocycles. The molecule has 0 aromatic heterocycles. The van der Waals surface area contributed by atoms with E-state index >= 15 is 0 Å². The SMILES string of the molecule is O=C1CC2=CC[C@H]3C[C@]2(O1)[C@@H]1CCCCN31. The number of nitrogens with zero attached hydrogens (tertiary/aromatic N) is 1. The predicted molar refractivity (Wildman–Crippen MR) is 58.9 cm³/mol. The minimum Gasteiger partial charge on any atom is -0.453 e. The molecule has 1 spiro atoms. The van der Waals surface area contributed by atoms with Gasteiger partial charge in [-0.15, -0.1) is 0 Å². The summed E-state index contributed by atoms with van der Waals surface area (Å²) in [4.78, 5) is 14.2. The predicted octanol–water partition coefficient (Wildman–Crippen LogP) is 1.63. The zero-order valence-corrected chi connectivity index (χ0v) is 9.45. The zero-order chi connectivity index (χ0) is 10.8. The molecule has 0 saturated carbocycles. The van der Waals surface area contributed by atoms with Crippen LogP contribution in [-0.4, -0.2) is 35.1 Å². The first-order valence-corrected chi connectivity index (χ1v) is 6.47. The number of hydrogen-bond donors (Lipinski definition) is 0. The van der Waals surface area contributed by atoms with Crippen LogP contribution >= 0.6 is 0 Å². The lowest BCUT2D eigenvalue weighted by atomic mass is 9.79. The fraction of sp³-hybridized carbons (Fsp3) is 0.769. The van der Waals surface area contributed by atoms with Gasteiger partial charge in [-0.2, -0.15) is 0 Å². The van der Waals surface area contributed by atoms with E-state index in [1.165, 1.54) is 31.4 Å². The molecule has 0 N–H and O–H groups in total. The van der Waals surface area contributed by atoms with Crippen LogP contribution in [0.5, 0.6) is 0 Å².